The van der Waals surface area contributed by atoms with E-state index in [1.54, 1.807) is 12.1 Å². The van der Waals surface area contributed by atoms with Crippen LogP contribution in [0.25, 0.3) is 0 Å². The molecular weight excluding hydrogens is 243 g/mol. The smallest absolute Gasteiger partial charge is 0.229 e. The van der Waals surface area contributed by atoms with Crippen molar-refractivity contribution in [1.82, 2.24) is 0 Å². The van der Waals surface area contributed by atoms with E-state index in [0.717, 1.165) is 12.0 Å². The molecule has 0 amide bonds. The highest BCUT2D eigenvalue weighted by Crippen LogP contribution is 2.17. The van der Waals surface area contributed by atoms with E-state index < -0.39 is 16.5 Å². The van der Waals surface area contributed by atoms with Crippen molar-refractivity contribution in [1.29, 1.82) is 0 Å². The fourth-order valence-corrected chi connectivity index (χ4v) is 2.26. The number of hydrogen-bond donors (Lipinski definition) is 0. The molecule has 1 rings (SSSR count). The fraction of sp³-hybridized carbons (Fsp3) is 0.500. The zero-order valence-electron chi connectivity index (χ0n) is 10.0. The Bertz CT molecular complexity index is 439. The summed E-state index contributed by atoms with van der Waals surface area (Å²) in [6, 6.07) is 6.12. The minimum Gasteiger partial charge on any atom is -0.229 e. The molecule has 3 nitrogen and oxygen atoms in total. The van der Waals surface area contributed by atoms with Crippen molar-refractivity contribution >= 4 is 10.1 Å². The van der Waals surface area contributed by atoms with Gasteiger partial charge in [-0.2, -0.15) is 8.42 Å². The van der Waals surface area contributed by atoms with E-state index in [1.807, 2.05) is 13.8 Å². The Morgan fingerprint density at radius 2 is 1.88 bits per heavy atom. The van der Waals surface area contributed by atoms with E-state index in [-0.39, 0.29) is 11.3 Å². The predicted molar refractivity (Wildman–Crippen MR) is 63.9 cm³/mol. The first kappa shape index (κ1) is 14.1. The molecule has 0 N–H and O–H groups in total. The SMILES string of the molecule is CCCCC(F)OS(=O)(=O)c1ccc(C)cc1. The highest BCUT2D eigenvalue weighted by molar-refractivity contribution is 7.86. The third kappa shape index (κ3) is 4.44. The van der Waals surface area contributed by atoms with Gasteiger partial charge in [0.25, 0.3) is 10.1 Å². The lowest BCUT2D eigenvalue weighted by Gasteiger charge is -2.09. The third-order valence-electron chi connectivity index (χ3n) is 2.33. The van der Waals surface area contributed by atoms with E-state index >= 15 is 0 Å². The molecule has 0 aliphatic rings. The number of alkyl halides is 1. The molecule has 0 fully saturated rings. The van der Waals surface area contributed by atoms with Crippen LogP contribution in [-0.2, 0) is 14.3 Å². The van der Waals surface area contributed by atoms with Gasteiger partial charge >= 0.3 is 0 Å². The highest BCUT2D eigenvalue weighted by atomic mass is 32.2. The maximum absolute atomic E-state index is 13.2. The minimum absolute atomic E-state index is 0.0118. The molecule has 1 atom stereocenters. The zero-order chi connectivity index (χ0) is 12.9. The summed E-state index contributed by atoms with van der Waals surface area (Å²) in [4.78, 5) is -0.0118. The zero-order valence-corrected chi connectivity index (χ0v) is 10.8. The summed E-state index contributed by atoms with van der Waals surface area (Å²) in [5.41, 5.74) is 0.937. The van der Waals surface area contributed by atoms with Gasteiger partial charge in [0, 0.05) is 6.42 Å². The highest BCUT2D eigenvalue weighted by Gasteiger charge is 2.20. The van der Waals surface area contributed by atoms with Crippen molar-refractivity contribution < 1.29 is 17.0 Å². The number of halogens is 1. The lowest BCUT2D eigenvalue weighted by Crippen LogP contribution is -2.14. The molecule has 0 aliphatic carbocycles. The average molecular weight is 260 g/mol. The summed E-state index contributed by atoms with van der Waals surface area (Å²) < 4.78 is 41.0. The number of benzene rings is 1. The molecular formula is C12H17FO3S. The minimum atomic E-state index is -3.98. The van der Waals surface area contributed by atoms with Crippen LogP contribution in [0.15, 0.2) is 29.2 Å². The van der Waals surface area contributed by atoms with Crippen LogP contribution in [0.1, 0.15) is 31.7 Å². The van der Waals surface area contributed by atoms with E-state index in [9.17, 15) is 12.8 Å². The summed E-state index contributed by atoms with van der Waals surface area (Å²) in [5.74, 6) is 0. The number of aryl methyl sites for hydroxylation is 1. The van der Waals surface area contributed by atoms with Crippen LogP contribution in [-0.4, -0.2) is 14.8 Å². The van der Waals surface area contributed by atoms with Crippen molar-refractivity contribution in [2.45, 2.75) is 44.4 Å². The summed E-state index contributed by atoms with van der Waals surface area (Å²) in [6.07, 6.45) is -0.262. The molecule has 0 bridgehead atoms. The Labute approximate surface area is 102 Å². The van der Waals surface area contributed by atoms with Crippen molar-refractivity contribution in [3.8, 4) is 0 Å². The van der Waals surface area contributed by atoms with Crippen LogP contribution in [0.2, 0.25) is 0 Å². The van der Waals surface area contributed by atoms with Gasteiger partial charge in [0.15, 0.2) is 0 Å². The van der Waals surface area contributed by atoms with Crippen molar-refractivity contribution in [2.75, 3.05) is 0 Å². The Morgan fingerprint density at radius 1 is 1.29 bits per heavy atom. The second-order valence-corrected chi connectivity index (χ2v) is 5.49. The van der Waals surface area contributed by atoms with Gasteiger partial charge in [0.05, 0.1) is 4.90 Å². The summed E-state index contributed by atoms with van der Waals surface area (Å²) in [5, 5.41) is 0. The Hall–Kier alpha value is -0.940. The lowest BCUT2D eigenvalue weighted by molar-refractivity contribution is 0.0642. The fourth-order valence-electron chi connectivity index (χ4n) is 1.31. The summed E-state index contributed by atoms with van der Waals surface area (Å²) in [7, 11) is -3.98. The average Bonchev–Trinajstić information content (AvgIpc) is 2.26. The Balaban J connectivity index is 2.71. The summed E-state index contributed by atoms with van der Waals surface area (Å²) in [6.45, 7) is 3.75. The van der Waals surface area contributed by atoms with Crippen LogP contribution in [0.4, 0.5) is 4.39 Å². The second kappa shape index (κ2) is 6.12. The van der Waals surface area contributed by atoms with Gasteiger partial charge in [-0.25, -0.2) is 8.57 Å². The predicted octanol–water partition coefficient (Wildman–Crippen LogP) is 3.19. The van der Waals surface area contributed by atoms with Crippen molar-refractivity contribution in [3.63, 3.8) is 0 Å². The first-order chi connectivity index (χ1) is 7.95. The molecule has 0 spiro atoms. The lowest BCUT2D eigenvalue weighted by atomic mass is 10.2. The first-order valence-electron chi connectivity index (χ1n) is 5.59. The van der Waals surface area contributed by atoms with E-state index in [2.05, 4.69) is 4.18 Å². The maximum atomic E-state index is 13.2. The van der Waals surface area contributed by atoms with Crippen molar-refractivity contribution in [2.24, 2.45) is 0 Å². The van der Waals surface area contributed by atoms with Crippen LogP contribution in [0.5, 0.6) is 0 Å². The molecule has 0 heterocycles. The molecule has 1 aromatic rings. The Morgan fingerprint density at radius 3 is 2.41 bits per heavy atom. The molecule has 96 valence electrons. The van der Waals surface area contributed by atoms with Gasteiger partial charge in [-0.05, 0) is 25.5 Å². The molecule has 1 unspecified atom stereocenters. The van der Waals surface area contributed by atoms with Gasteiger partial charge in [-0.3, -0.25) is 0 Å². The number of hydrogen-bond acceptors (Lipinski definition) is 3. The molecule has 0 saturated carbocycles. The van der Waals surface area contributed by atoms with Gasteiger partial charge in [0.1, 0.15) is 0 Å². The maximum Gasteiger partial charge on any atom is 0.299 e. The molecule has 0 radical (unpaired) electrons. The van der Waals surface area contributed by atoms with E-state index in [1.165, 1.54) is 12.1 Å². The van der Waals surface area contributed by atoms with Gasteiger partial charge < -0.3 is 0 Å². The van der Waals surface area contributed by atoms with Crippen molar-refractivity contribution in [3.05, 3.63) is 29.8 Å². The van der Waals surface area contributed by atoms with Gasteiger partial charge in [0.2, 0.25) is 6.36 Å². The van der Waals surface area contributed by atoms with Crippen LogP contribution < -0.4 is 0 Å². The number of rotatable bonds is 6. The third-order valence-corrected chi connectivity index (χ3v) is 3.64. The molecule has 1 aromatic carbocycles. The molecule has 0 saturated heterocycles. The van der Waals surface area contributed by atoms with Crippen LogP contribution in [0, 0.1) is 6.92 Å². The standard InChI is InChI=1S/C12H17FO3S/c1-3-4-5-12(13)16-17(14,15)11-8-6-10(2)7-9-11/h6-9,12H,3-5H2,1-2H3. The Kier molecular flexibility index (Phi) is 5.08. The topological polar surface area (TPSA) is 43.4 Å². The summed E-state index contributed by atoms with van der Waals surface area (Å²) >= 11 is 0. The first-order valence-corrected chi connectivity index (χ1v) is 7.00. The largest absolute Gasteiger partial charge is 0.299 e. The molecule has 5 heteroatoms. The molecule has 0 aromatic heterocycles. The van der Waals surface area contributed by atoms with Crippen LogP contribution >= 0.6 is 0 Å². The molecule has 0 aliphatic heterocycles. The van der Waals surface area contributed by atoms with Gasteiger partial charge in [-0.15, -0.1) is 0 Å². The second-order valence-electron chi connectivity index (χ2n) is 3.92. The van der Waals surface area contributed by atoms with E-state index in [0.29, 0.717) is 6.42 Å². The number of unbranched alkanes of at least 4 members (excludes halogenated alkanes) is 1. The monoisotopic (exact) mass is 260 g/mol. The van der Waals surface area contributed by atoms with Crippen LogP contribution in [0.3, 0.4) is 0 Å². The molecule has 17 heavy (non-hydrogen) atoms. The normalized spacial score (nSPS) is 13.6. The van der Waals surface area contributed by atoms with Gasteiger partial charge in [-0.1, -0.05) is 31.0 Å². The quantitative estimate of drug-likeness (QED) is 0.738. The van der Waals surface area contributed by atoms with E-state index in [4.69, 9.17) is 0 Å².